The number of rotatable bonds is 2. The Hall–Kier alpha value is -3.27. The molecule has 1 fully saturated rings. The van der Waals surface area contributed by atoms with Gasteiger partial charge in [0.2, 0.25) is 0 Å². The van der Waals surface area contributed by atoms with Crippen LogP contribution in [-0.4, -0.2) is 33.6 Å². The summed E-state index contributed by atoms with van der Waals surface area (Å²) in [4.78, 5) is 32.3. The molecule has 8 nitrogen and oxygen atoms in total. The van der Waals surface area contributed by atoms with Gasteiger partial charge in [-0.1, -0.05) is 18.2 Å². The number of carbonyl (C=O) groups is 2. The Morgan fingerprint density at radius 2 is 2.00 bits per heavy atom. The number of hydrogen-bond donors (Lipinski definition) is 3. The minimum Gasteiger partial charge on any atom is -0.595 e. The van der Waals surface area contributed by atoms with Gasteiger partial charge in [-0.3, -0.25) is 4.79 Å². The van der Waals surface area contributed by atoms with Crippen LogP contribution in [0.5, 0.6) is 0 Å². The summed E-state index contributed by atoms with van der Waals surface area (Å²) >= 11 is 0. The Labute approximate surface area is 164 Å². The molecule has 29 heavy (non-hydrogen) atoms. The number of halogens is 1. The van der Waals surface area contributed by atoms with Crippen molar-refractivity contribution in [2.24, 2.45) is 0 Å². The standard InChI is InChI=1S/C20H17FN4O4/c1-20-17-13(12-4-2-3-5-14(12)22-17)8-9-23(20)19(27)24(18(20)26)15-7-6-11(21)10-16(15)25(28)29/h2-7,10,22,25,28H,8-9H2,1H3. The molecule has 0 bridgehead atoms. The molecule has 3 aromatic rings. The zero-order chi connectivity index (χ0) is 20.5. The third-order valence-corrected chi connectivity index (χ3v) is 5.90. The molecule has 0 radical (unpaired) electrons. The van der Waals surface area contributed by atoms with Crippen LogP contribution in [-0.2, 0) is 16.8 Å². The number of urea groups is 1. The molecule has 2 aliphatic rings. The molecule has 2 aromatic carbocycles. The number of nitrogens with one attached hydrogen (secondary N) is 2. The van der Waals surface area contributed by atoms with E-state index in [9.17, 15) is 24.4 Å². The molecule has 2 atom stereocenters. The Morgan fingerprint density at radius 3 is 2.76 bits per heavy atom. The summed E-state index contributed by atoms with van der Waals surface area (Å²) < 4.78 is 13.6. The van der Waals surface area contributed by atoms with E-state index in [1.807, 2.05) is 24.3 Å². The monoisotopic (exact) mass is 396 g/mol. The number of aromatic nitrogens is 1. The zero-order valence-corrected chi connectivity index (χ0v) is 15.4. The van der Waals surface area contributed by atoms with Crippen LogP contribution >= 0.6 is 0 Å². The van der Waals surface area contributed by atoms with Gasteiger partial charge in [0.25, 0.3) is 5.91 Å². The Bertz CT molecular complexity index is 1190. The molecule has 0 saturated carbocycles. The SMILES string of the molecule is CC12C(=O)N(c3ccc(F)cc3[NH+]([O-])O)C(=O)N1CCc1c2[nH]c2ccccc12. The Balaban J connectivity index is 1.70. The molecular formula is C20H17FN4O4. The van der Waals surface area contributed by atoms with Crippen molar-refractivity contribution in [3.05, 3.63) is 64.7 Å². The summed E-state index contributed by atoms with van der Waals surface area (Å²) in [6, 6.07) is 10.1. The number of anilines is 1. The zero-order valence-electron chi connectivity index (χ0n) is 15.4. The fraction of sp³-hybridized carbons (Fsp3) is 0.200. The molecular weight excluding hydrogens is 379 g/mol. The van der Waals surface area contributed by atoms with Crippen molar-refractivity contribution in [2.75, 3.05) is 11.4 Å². The summed E-state index contributed by atoms with van der Waals surface area (Å²) in [6.07, 6.45) is 0.566. The lowest BCUT2D eigenvalue weighted by Gasteiger charge is -2.35. The Kier molecular flexibility index (Phi) is 3.60. The lowest BCUT2D eigenvalue weighted by atomic mass is 9.87. The largest absolute Gasteiger partial charge is 0.595 e. The number of nitrogens with zero attached hydrogens (tertiary/aromatic N) is 2. The molecule has 3 amide bonds. The van der Waals surface area contributed by atoms with Gasteiger partial charge in [-0.05, 0) is 37.1 Å². The third kappa shape index (κ3) is 2.23. The van der Waals surface area contributed by atoms with Crippen LogP contribution < -0.4 is 10.1 Å². The maximum Gasteiger partial charge on any atom is 0.332 e. The molecule has 0 aliphatic carbocycles. The molecule has 9 heteroatoms. The van der Waals surface area contributed by atoms with Gasteiger partial charge in [-0.15, -0.1) is 0 Å². The van der Waals surface area contributed by atoms with Crippen LogP contribution in [0.1, 0.15) is 18.2 Å². The molecule has 3 N–H and O–H groups in total. The van der Waals surface area contributed by atoms with Crippen molar-refractivity contribution in [1.29, 1.82) is 0 Å². The molecule has 0 spiro atoms. The van der Waals surface area contributed by atoms with E-state index in [2.05, 4.69) is 4.98 Å². The maximum atomic E-state index is 13.6. The van der Waals surface area contributed by atoms with Gasteiger partial charge in [-0.25, -0.2) is 19.3 Å². The quantitative estimate of drug-likeness (QED) is 0.455. The van der Waals surface area contributed by atoms with Gasteiger partial charge < -0.3 is 15.1 Å². The lowest BCUT2D eigenvalue weighted by molar-refractivity contribution is -0.990. The normalized spacial score (nSPS) is 22.2. The number of aromatic amines is 1. The number of imide groups is 1. The minimum atomic E-state index is -1.42. The average Bonchev–Trinajstić information content (AvgIpc) is 3.17. The van der Waals surface area contributed by atoms with Crippen molar-refractivity contribution < 1.29 is 24.4 Å². The van der Waals surface area contributed by atoms with Crippen molar-refractivity contribution in [3.63, 3.8) is 0 Å². The van der Waals surface area contributed by atoms with E-state index in [4.69, 9.17) is 0 Å². The van der Waals surface area contributed by atoms with E-state index in [1.54, 1.807) is 6.92 Å². The minimum absolute atomic E-state index is 0.137. The highest BCUT2D eigenvalue weighted by molar-refractivity contribution is 6.24. The van der Waals surface area contributed by atoms with Crippen molar-refractivity contribution in [1.82, 2.24) is 9.88 Å². The van der Waals surface area contributed by atoms with Gasteiger partial charge >= 0.3 is 6.03 Å². The fourth-order valence-corrected chi connectivity index (χ4v) is 4.48. The molecule has 148 valence electrons. The highest BCUT2D eigenvalue weighted by Crippen LogP contribution is 2.45. The second-order valence-electron chi connectivity index (χ2n) is 7.39. The third-order valence-electron chi connectivity index (χ3n) is 5.90. The first kappa shape index (κ1) is 17.8. The number of carbonyl (C=O) groups excluding carboxylic acids is 2. The molecule has 3 heterocycles. The second kappa shape index (κ2) is 5.86. The number of amides is 3. The highest BCUT2D eigenvalue weighted by Gasteiger charge is 2.59. The first-order valence-corrected chi connectivity index (χ1v) is 9.13. The molecule has 1 saturated heterocycles. The topological polar surface area (TPSA) is 104 Å². The predicted octanol–water partition coefficient (Wildman–Crippen LogP) is 1.95. The van der Waals surface area contributed by atoms with Crippen LogP contribution in [0.4, 0.5) is 20.6 Å². The van der Waals surface area contributed by atoms with Crippen LogP contribution in [0.25, 0.3) is 10.9 Å². The average molecular weight is 396 g/mol. The molecule has 1 aromatic heterocycles. The highest BCUT2D eigenvalue weighted by atomic mass is 19.1. The van der Waals surface area contributed by atoms with E-state index in [-0.39, 0.29) is 5.69 Å². The summed E-state index contributed by atoms with van der Waals surface area (Å²) in [7, 11) is 0. The van der Waals surface area contributed by atoms with E-state index in [1.165, 1.54) is 4.90 Å². The van der Waals surface area contributed by atoms with Crippen LogP contribution in [0, 0.1) is 11.0 Å². The van der Waals surface area contributed by atoms with Crippen LogP contribution in [0.15, 0.2) is 42.5 Å². The number of para-hydroxylation sites is 1. The van der Waals surface area contributed by atoms with Gasteiger partial charge in [0.1, 0.15) is 11.5 Å². The van der Waals surface area contributed by atoms with E-state index in [0.29, 0.717) is 18.7 Å². The van der Waals surface area contributed by atoms with Crippen molar-refractivity contribution >= 4 is 34.2 Å². The van der Waals surface area contributed by atoms with Crippen LogP contribution in [0.2, 0.25) is 0 Å². The smallest absolute Gasteiger partial charge is 0.332 e. The fourth-order valence-electron chi connectivity index (χ4n) is 4.48. The summed E-state index contributed by atoms with van der Waals surface area (Å²) in [5.41, 5.74) is 0.597. The number of H-pyrrole nitrogens is 1. The summed E-state index contributed by atoms with van der Waals surface area (Å²) in [6.45, 7) is 1.97. The lowest BCUT2D eigenvalue weighted by Crippen LogP contribution is -2.99. The molecule has 2 unspecified atom stereocenters. The van der Waals surface area contributed by atoms with Gasteiger partial charge in [-0.2, -0.15) is 5.23 Å². The van der Waals surface area contributed by atoms with E-state index < -0.39 is 34.2 Å². The van der Waals surface area contributed by atoms with E-state index >= 15 is 0 Å². The van der Waals surface area contributed by atoms with Crippen molar-refractivity contribution in [2.45, 2.75) is 18.9 Å². The van der Waals surface area contributed by atoms with Gasteiger partial charge in [0.15, 0.2) is 11.2 Å². The van der Waals surface area contributed by atoms with Crippen molar-refractivity contribution in [3.8, 4) is 0 Å². The van der Waals surface area contributed by atoms with Gasteiger partial charge in [0.05, 0.1) is 5.69 Å². The number of benzene rings is 2. The number of fused-ring (bicyclic) bond motifs is 5. The van der Waals surface area contributed by atoms with Gasteiger partial charge in [0, 0.05) is 23.5 Å². The van der Waals surface area contributed by atoms with Crippen LogP contribution in [0.3, 0.4) is 0 Å². The Morgan fingerprint density at radius 1 is 1.24 bits per heavy atom. The number of hydrogen-bond acceptors (Lipinski definition) is 4. The van der Waals surface area contributed by atoms with E-state index in [0.717, 1.165) is 39.6 Å². The molecule has 2 aliphatic heterocycles. The first-order chi connectivity index (χ1) is 13.8. The molecule has 5 rings (SSSR count). The first-order valence-electron chi connectivity index (χ1n) is 9.13. The summed E-state index contributed by atoms with van der Waals surface area (Å²) in [5.74, 6) is -1.32. The second-order valence-corrected chi connectivity index (χ2v) is 7.39. The maximum absolute atomic E-state index is 13.6. The summed E-state index contributed by atoms with van der Waals surface area (Å²) in [5, 5.41) is 20.7. The number of quaternary nitrogens is 1. The predicted molar refractivity (Wildman–Crippen MR) is 101 cm³/mol.